The molecule has 3 N–H and O–H groups in total. The van der Waals surface area contributed by atoms with Gasteiger partial charge in [0.25, 0.3) is 0 Å². The molecular formula is C12H13ClN4O. The SMILES string of the molecule is COc1ccc(Nc2nc(Cl)nc(C)c2N)cc1. The maximum atomic E-state index is 5.88. The molecule has 94 valence electrons. The Labute approximate surface area is 110 Å². The molecule has 0 aliphatic carbocycles. The van der Waals surface area contributed by atoms with Crippen molar-refractivity contribution < 1.29 is 4.74 Å². The van der Waals surface area contributed by atoms with Crippen molar-refractivity contribution in [1.29, 1.82) is 0 Å². The number of aryl methyl sites for hydroxylation is 1. The predicted octanol–water partition coefficient (Wildman–Crippen LogP) is 2.77. The number of nitrogens with zero attached hydrogens (tertiary/aromatic N) is 2. The van der Waals surface area contributed by atoms with Gasteiger partial charge in [0.2, 0.25) is 5.28 Å². The molecule has 0 spiro atoms. The van der Waals surface area contributed by atoms with E-state index >= 15 is 0 Å². The molecule has 0 atom stereocenters. The molecule has 0 bridgehead atoms. The monoisotopic (exact) mass is 264 g/mol. The molecule has 5 nitrogen and oxygen atoms in total. The third-order valence-corrected chi connectivity index (χ3v) is 2.63. The summed E-state index contributed by atoms with van der Waals surface area (Å²) in [5, 5.41) is 3.25. The largest absolute Gasteiger partial charge is 0.497 e. The van der Waals surface area contributed by atoms with Gasteiger partial charge in [-0.25, -0.2) is 4.98 Å². The highest BCUT2D eigenvalue weighted by atomic mass is 35.5. The fourth-order valence-electron chi connectivity index (χ4n) is 1.45. The first-order valence-corrected chi connectivity index (χ1v) is 5.68. The number of hydrogen-bond acceptors (Lipinski definition) is 5. The third kappa shape index (κ3) is 2.62. The number of halogens is 1. The maximum Gasteiger partial charge on any atom is 0.224 e. The van der Waals surface area contributed by atoms with Crippen LogP contribution >= 0.6 is 11.6 Å². The fourth-order valence-corrected chi connectivity index (χ4v) is 1.67. The highest BCUT2D eigenvalue weighted by Gasteiger charge is 2.07. The standard InChI is InChI=1S/C12H13ClN4O/c1-7-10(14)11(17-12(13)15-7)16-8-3-5-9(18-2)6-4-8/h3-6H,14H2,1-2H3,(H,15,16,17). The van der Waals surface area contributed by atoms with Crippen LogP contribution in [0.2, 0.25) is 5.28 Å². The highest BCUT2D eigenvalue weighted by Crippen LogP contribution is 2.25. The van der Waals surface area contributed by atoms with Gasteiger partial charge in [-0.1, -0.05) is 0 Å². The Bertz CT molecular complexity index is 557. The van der Waals surface area contributed by atoms with Crippen LogP contribution in [0.5, 0.6) is 5.75 Å². The van der Waals surface area contributed by atoms with Crippen LogP contribution in [0.15, 0.2) is 24.3 Å². The molecule has 2 rings (SSSR count). The second kappa shape index (κ2) is 5.10. The zero-order valence-corrected chi connectivity index (χ0v) is 10.8. The Kier molecular flexibility index (Phi) is 3.53. The molecule has 0 aliphatic heterocycles. The molecule has 0 saturated carbocycles. The Balaban J connectivity index is 2.27. The first-order valence-electron chi connectivity index (χ1n) is 5.31. The van der Waals surface area contributed by atoms with Crippen molar-refractivity contribution >= 4 is 28.8 Å². The first kappa shape index (κ1) is 12.4. The lowest BCUT2D eigenvalue weighted by molar-refractivity contribution is 0.415. The Morgan fingerprint density at radius 1 is 1.22 bits per heavy atom. The van der Waals surface area contributed by atoms with Crippen molar-refractivity contribution in [3.05, 3.63) is 35.2 Å². The van der Waals surface area contributed by atoms with Gasteiger partial charge in [0.05, 0.1) is 18.5 Å². The van der Waals surface area contributed by atoms with E-state index in [9.17, 15) is 0 Å². The second-order valence-electron chi connectivity index (χ2n) is 3.69. The summed E-state index contributed by atoms with van der Waals surface area (Å²) in [6.45, 7) is 1.78. The van der Waals surface area contributed by atoms with E-state index in [1.807, 2.05) is 24.3 Å². The summed E-state index contributed by atoms with van der Waals surface area (Å²) in [5.74, 6) is 1.28. The molecular weight excluding hydrogens is 252 g/mol. The molecule has 0 amide bonds. The van der Waals surface area contributed by atoms with E-state index in [0.29, 0.717) is 17.2 Å². The molecule has 1 aromatic carbocycles. The van der Waals surface area contributed by atoms with Crippen LogP contribution in [-0.4, -0.2) is 17.1 Å². The number of rotatable bonds is 3. The van der Waals surface area contributed by atoms with Crippen LogP contribution < -0.4 is 15.8 Å². The summed E-state index contributed by atoms with van der Waals surface area (Å²) in [5.41, 5.74) is 7.85. The third-order valence-electron chi connectivity index (χ3n) is 2.46. The lowest BCUT2D eigenvalue weighted by Gasteiger charge is -2.10. The minimum absolute atomic E-state index is 0.165. The van der Waals surface area contributed by atoms with Gasteiger partial charge in [-0.15, -0.1) is 0 Å². The van der Waals surface area contributed by atoms with E-state index in [0.717, 1.165) is 11.4 Å². The van der Waals surface area contributed by atoms with E-state index in [2.05, 4.69) is 15.3 Å². The van der Waals surface area contributed by atoms with E-state index in [-0.39, 0.29) is 5.28 Å². The van der Waals surface area contributed by atoms with Gasteiger partial charge in [0, 0.05) is 5.69 Å². The van der Waals surface area contributed by atoms with Gasteiger partial charge in [-0.2, -0.15) is 4.98 Å². The van der Waals surface area contributed by atoms with Crippen LogP contribution in [0.3, 0.4) is 0 Å². The molecule has 0 radical (unpaired) electrons. The number of aromatic nitrogens is 2. The lowest BCUT2D eigenvalue weighted by Crippen LogP contribution is -2.03. The van der Waals surface area contributed by atoms with Crippen molar-refractivity contribution in [1.82, 2.24) is 9.97 Å². The van der Waals surface area contributed by atoms with Gasteiger partial charge in [0.1, 0.15) is 5.75 Å². The van der Waals surface area contributed by atoms with Crippen LogP contribution in [0.4, 0.5) is 17.2 Å². The molecule has 1 aromatic heterocycles. The zero-order valence-electron chi connectivity index (χ0n) is 10.1. The Morgan fingerprint density at radius 2 is 1.89 bits per heavy atom. The summed E-state index contributed by atoms with van der Waals surface area (Å²) in [6, 6.07) is 7.41. The molecule has 1 heterocycles. The van der Waals surface area contributed by atoms with Crippen LogP contribution in [0, 0.1) is 6.92 Å². The average Bonchev–Trinajstić information content (AvgIpc) is 2.36. The quantitative estimate of drug-likeness (QED) is 0.834. The van der Waals surface area contributed by atoms with Crippen molar-refractivity contribution in [3.8, 4) is 5.75 Å². The topological polar surface area (TPSA) is 73.1 Å². The smallest absolute Gasteiger partial charge is 0.224 e. The number of methoxy groups -OCH3 is 1. The number of hydrogen-bond donors (Lipinski definition) is 2. The van der Waals surface area contributed by atoms with Crippen LogP contribution in [0.25, 0.3) is 0 Å². The van der Waals surface area contributed by atoms with Crippen molar-refractivity contribution in [2.75, 3.05) is 18.2 Å². The maximum absolute atomic E-state index is 5.88. The first-order chi connectivity index (χ1) is 8.60. The van der Waals surface area contributed by atoms with Crippen molar-refractivity contribution in [2.45, 2.75) is 6.92 Å². The number of anilines is 3. The van der Waals surface area contributed by atoms with Crippen LogP contribution in [-0.2, 0) is 0 Å². The molecule has 0 saturated heterocycles. The number of benzene rings is 1. The summed E-state index contributed by atoms with van der Waals surface area (Å²) in [4.78, 5) is 8.03. The van der Waals surface area contributed by atoms with Crippen molar-refractivity contribution in [2.24, 2.45) is 0 Å². The molecule has 0 fully saturated rings. The van der Waals surface area contributed by atoms with Crippen LogP contribution in [0.1, 0.15) is 5.69 Å². The average molecular weight is 265 g/mol. The molecule has 0 unspecified atom stereocenters. The van der Waals surface area contributed by atoms with Gasteiger partial charge in [0.15, 0.2) is 5.82 Å². The van der Waals surface area contributed by atoms with E-state index < -0.39 is 0 Å². The van der Waals surface area contributed by atoms with Crippen molar-refractivity contribution in [3.63, 3.8) is 0 Å². The number of nitrogens with two attached hydrogens (primary N) is 1. The zero-order chi connectivity index (χ0) is 13.1. The molecule has 18 heavy (non-hydrogen) atoms. The predicted molar refractivity (Wildman–Crippen MR) is 72.5 cm³/mol. The van der Waals surface area contributed by atoms with Gasteiger partial charge < -0.3 is 15.8 Å². The minimum atomic E-state index is 0.165. The number of nitrogens with one attached hydrogen (secondary N) is 1. The highest BCUT2D eigenvalue weighted by molar-refractivity contribution is 6.28. The summed E-state index contributed by atoms with van der Waals surface area (Å²) in [6.07, 6.45) is 0. The lowest BCUT2D eigenvalue weighted by atomic mass is 10.3. The molecule has 6 heteroatoms. The summed E-state index contributed by atoms with van der Waals surface area (Å²) in [7, 11) is 1.62. The summed E-state index contributed by atoms with van der Waals surface area (Å²) >= 11 is 5.80. The van der Waals surface area contributed by atoms with E-state index in [1.165, 1.54) is 0 Å². The second-order valence-corrected chi connectivity index (χ2v) is 4.03. The molecule has 2 aromatic rings. The number of ether oxygens (including phenoxy) is 1. The Morgan fingerprint density at radius 3 is 2.50 bits per heavy atom. The normalized spacial score (nSPS) is 10.2. The van der Waals surface area contributed by atoms with E-state index in [4.69, 9.17) is 22.1 Å². The molecule has 0 aliphatic rings. The number of nitrogen functional groups attached to an aromatic ring is 1. The van der Waals surface area contributed by atoms with Gasteiger partial charge in [-0.3, -0.25) is 0 Å². The minimum Gasteiger partial charge on any atom is -0.497 e. The summed E-state index contributed by atoms with van der Waals surface area (Å²) < 4.78 is 5.08. The van der Waals surface area contributed by atoms with E-state index in [1.54, 1.807) is 14.0 Å². The van der Waals surface area contributed by atoms with Gasteiger partial charge in [-0.05, 0) is 42.8 Å². The Hall–Kier alpha value is -2.01. The fraction of sp³-hybridized carbons (Fsp3) is 0.167. The van der Waals surface area contributed by atoms with Gasteiger partial charge >= 0.3 is 0 Å².